The van der Waals surface area contributed by atoms with Crippen molar-refractivity contribution in [2.45, 2.75) is 74.8 Å². The molecule has 2 atom stereocenters. The maximum absolute atomic E-state index is 15.7. The van der Waals surface area contributed by atoms with Gasteiger partial charge in [-0.15, -0.1) is 0 Å². The first-order valence-electron chi connectivity index (χ1n) is 12.8. The molecule has 2 aromatic rings. The number of nitrogens with zero attached hydrogens (tertiary/aromatic N) is 1. The van der Waals surface area contributed by atoms with Crippen molar-refractivity contribution in [2.24, 2.45) is 0 Å². The third kappa shape index (κ3) is 5.17. The summed E-state index contributed by atoms with van der Waals surface area (Å²) in [6.45, 7) is 6.65. The van der Waals surface area contributed by atoms with Gasteiger partial charge in [0.1, 0.15) is 23.3 Å². The maximum atomic E-state index is 15.7. The van der Waals surface area contributed by atoms with E-state index in [1.165, 1.54) is 4.31 Å². The van der Waals surface area contributed by atoms with Crippen molar-refractivity contribution in [1.29, 1.82) is 0 Å². The molecule has 4 rings (SSSR count). The van der Waals surface area contributed by atoms with Gasteiger partial charge in [-0.1, -0.05) is 36.9 Å². The van der Waals surface area contributed by atoms with Crippen LogP contribution in [0, 0.1) is 11.6 Å². The largest absolute Gasteiger partial charge is 0.469 e. The van der Waals surface area contributed by atoms with Crippen molar-refractivity contribution in [2.75, 3.05) is 7.11 Å². The van der Waals surface area contributed by atoms with Gasteiger partial charge in [-0.2, -0.15) is 4.31 Å². The molecule has 39 heavy (non-hydrogen) atoms. The van der Waals surface area contributed by atoms with Crippen LogP contribution >= 0.6 is 0 Å². The molecule has 2 aromatic carbocycles. The van der Waals surface area contributed by atoms with E-state index in [4.69, 9.17) is 0 Å². The molecule has 1 N–H and O–H groups in total. The Morgan fingerprint density at radius 1 is 1.13 bits per heavy atom. The number of Topliss-reactive ketones (excluding diaryl/α,β-unsaturated/α-hetero) is 1. The number of hydrogen-bond acceptors (Lipinski definition) is 6. The first-order valence-corrected chi connectivity index (χ1v) is 14.3. The third-order valence-electron chi connectivity index (χ3n) is 8.22. The molecule has 0 unspecified atom stereocenters. The molecule has 0 amide bonds. The van der Waals surface area contributed by atoms with E-state index < -0.39 is 62.1 Å². The SMILES string of the molecule is C=C(C)C1(O)CC(C(=O)CC(=O)OC)(c2cc(F)c(CN3[C@@H](C)CC[C@H](c4ccccc4)S3(=O)=O)cc2F)C1. The predicted octanol–water partition coefficient (Wildman–Crippen LogP) is 4.49. The highest BCUT2D eigenvalue weighted by molar-refractivity contribution is 7.89. The zero-order valence-electron chi connectivity index (χ0n) is 22.2. The minimum atomic E-state index is -3.89. The topological polar surface area (TPSA) is 101 Å². The summed E-state index contributed by atoms with van der Waals surface area (Å²) in [5.41, 5.74) is -2.60. The lowest BCUT2D eigenvalue weighted by atomic mass is 9.52. The average Bonchev–Trinajstić information content (AvgIpc) is 2.86. The highest BCUT2D eigenvalue weighted by Gasteiger charge is 2.60. The summed E-state index contributed by atoms with van der Waals surface area (Å²) in [6, 6.07) is 10.1. The Kier molecular flexibility index (Phi) is 7.86. The number of methoxy groups -OCH3 is 1. The van der Waals surface area contributed by atoms with Crippen LogP contribution in [0.2, 0.25) is 0 Å². The lowest BCUT2D eigenvalue weighted by Gasteiger charge is -2.53. The van der Waals surface area contributed by atoms with E-state index >= 15 is 8.78 Å². The number of sulfonamides is 1. The summed E-state index contributed by atoms with van der Waals surface area (Å²) in [4.78, 5) is 25.0. The standard InChI is InChI=1S/C29H33F2NO6S/c1-18(2)29(35)16-28(17-29,26(33)14-27(34)38-4)22-13-23(30)21(12-24(22)31)15-32-19(3)10-11-25(39(32,36)37)20-8-6-5-7-9-20/h5-9,12-13,19,25,35H,1,10-11,14-17H2,2-4H3/t19-,25+,28?,29?/m0/s1. The van der Waals surface area contributed by atoms with E-state index in [0.29, 0.717) is 24.0 Å². The number of rotatable bonds is 8. The second kappa shape index (κ2) is 10.6. The van der Waals surface area contributed by atoms with Crippen LogP contribution in [-0.4, -0.2) is 48.3 Å². The number of esters is 1. The van der Waals surface area contributed by atoms with E-state index in [9.17, 15) is 23.1 Å². The molecule has 0 spiro atoms. The van der Waals surface area contributed by atoms with Gasteiger partial charge in [0, 0.05) is 23.7 Å². The lowest BCUT2D eigenvalue weighted by molar-refractivity contribution is -0.150. The average molecular weight is 562 g/mol. The Hall–Kier alpha value is -2.95. The number of ether oxygens (including phenoxy) is 1. The molecular weight excluding hydrogens is 528 g/mol. The first-order chi connectivity index (χ1) is 18.2. The molecule has 1 aliphatic heterocycles. The van der Waals surface area contributed by atoms with Crippen molar-refractivity contribution >= 4 is 21.8 Å². The molecule has 1 saturated heterocycles. The number of hydrogen-bond donors (Lipinski definition) is 1. The quantitative estimate of drug-likeness (QED) is 0.290. The van der Waals surface area contributed by atoms with Gasteiger partial charge >= 0.3 is 5.97 Å². The van der Waals surface area contributed by atoms with Gasteiger partial charge in [0.2, 0.25) is 10.0 Å². The summed E-state index contributed by atoms with van der Waals surface area (Å²) < 4.78 is 64.1. The number of aliphatic hydroxyl groups is 1. The number of ketones is 1. The van der Waals surface area contributed by atoms with Crippen molar-refractivity contribution in [3.63, 3.8) is 0 Å². The highest BCUT2D eigenvalue weighted by Crippen LogP contribution is 2.55. The maximum Gasteiger partial charge on any atom is 0.313 e. The normalized spacial score (nSPS) is 28.4. The molecule has 210 valence electrons. The van der Waals surface area contributed by atoms with Crippen LogP contribution in [0.3, 0.4) is 0 Å². The van der Waals surface area contributed by atoms with Crippen LogP contribution in [-0.2, 0) is 36.3 Å². The zero-order valence-corrected chi connectivity index (χ0v) is 23.1. The third-order valence-corrected chi connectivity index (χ3v) is 10.6. The molecule has 1 aliphatic carbocycles. The van der Waals surface area contributed by atoms with Crippen LogP contribution in [0.1, 0.15) is 67.9 Å². The van der Waals surface area contributed by atoms with E-state index in [1.807, 2.05) is 0 Å². The molecule has 0 radical (unpaired) electrons. The smallest absolute Gasteiger partial charge is 0.313 e. The number of carbonyl (C=O) groups is 2. The van der Waals surface area contributed by atoms with Gasteiger partial charge in [-0.25, -0.2) is 17.2 Å². The molecule has 1 heterocycles. The first kappa shape index (κ1) is 29.0. The van der Waals surface area contributed by atoms with E-state index in [0.717, 1.165) is 19.2 Å². The fraction of sp³-hybridized carbons (Fsp3) is 0.448. The fourth-order valence-corrected chi connectivity index (χ4v) is 7.94. The molecule has 2 aliphatic rings. The van der Waals surface area contributed by atoms with Gasteiger partial charge in [0.25, 0.3) is 0 Å². The number of benzene rings is 2. The monoisotopic (exact) mass is 561 g/mol. The van der Waals surface area contributed by atoms with Crippen molar-refractivity contribution in [3.8, 4) is 0 Å². The summed E-state index contributed by atoms with van der Waals surface area (Å²) in [7, 11) is -2.77. The minimum Gasteiger partial charge on any atom is -0.469 e. The summed E-state index contributed by atoms with van der Waals surface area (Å²) in [5, 5.41) is 10.0. The molecule has 0 aromatic heterocycles. The van der Waals surface area contributed by atoms with Crippen molar-refractivity contribution < 1.29 is 36.6 Å². The summed E-state index contributed by atoms with van der Waals surface area (Å²) in [6.07, 6.45) is -0.244. The molecule has 0 bridgehead atoms. The van der Waals surface area contributed by atoms with Crippen LogP contribution < -0.4 is 0 Å². The van der Waals surface area contributed by atoms with Gasteiger partial charge < -0.3 is 9.84 Å². The predicted molar refractivity (Wildman–Crippen MR) is 141 cm³/mol. The Morgan fingerprint density at radius 3 is 2.36 bits per heavy atom. The molecular formula is C29H33F2NO6S. The molecule has 1 saturated carbocycles. The van der Waals surface area contributed by atoms with E-state index in [-0.39, 0.29) is 30.5 Å². The Labute approximate surface area is 227 Å². The van der Waals surface area contributed by atoms with Gasteiger partial charge in [-0.3, -0.25) is 9.59 Å². The van der Waals surface area contributed by atoms with E-state index in [1.54, 1.807) is 44.2 Å². The number of halogens is 2. The van der Waals surface area contributed by atoms with Crippen molar-refractivity contribution in [1.82, 2.24) is 4.31 Å². The van der Waals surface area contributed by atoms with Gasteiger partial charge in [0.05, 0.1) is 18.1 Å². The number of carbonyl (C=O) groups excluding carboxylic acids is 2. The molecule has 10 heteroatoms. The van der Waals surface area contributed by atoms with Crippen LogP contribution in [0.15, 0.2) is 54.6 Å². The fourth-order valence-electron chi connectivity index (χ4n) is 5.75. The Balaban J connectivity index is 1.68. The summed E-state index contributed by atoms with van der Waals surface area (Å²) >= 11 is 0. The van der Waals surface area contributed by atoms with Crippen LogP contribution in [0.5, 0.6) is 0 Å². The zero-order chi connectivity index (χ0) is 28.8. The Bertz CT molecular complexity index is 1400. The second-order valence-electron chi connectivity index (χ2n) is 10.8. The van der Waals surface area contributed by atoms with Gasteiger partial charge in [-0.05, 0) is 62.8 Å². The van der Waals surface area contributed by atoms with Crippen LogP contribution in [0.4, 0.5) is 8.78 Å². The Morgan fingerprint density at radius 2 is 1.77 bits per heavy atom. The summed E-state index contributed by atoms with van der Waals surface area (Å²) in [5.74, 6) is -3.34. The van der Waals surface area contributed by atoms with Crippen molar-refractivity contribution in [3.05, 3.63) is 82.9 Å². The van der Waals surface area contributed by atoms with Crippen LogP contribution in [0.25, 0.3) is 0 Å². The minimum absolute atomic E-state index is 0.176. The highest BCUT2D eigenvalue weighted by atomic mass is 32.2. The lowest BCUT2D eigenvalue weighted by Crippen LogP contribution is -2.59. The molecule has 2 fully saturated rings. The molecule has 7 nitrogen and oxygen atoms in total. The van der Waals surface area contributed by atoms with E-state index in [2.05, 4.69) is 11.3 Å². The second-order valence-corrected chi connectivity index (χ2v) is 12.8. The van der Waals surface area contributed by atoms with Gasteiger partial charge in [0.15, 0.2) is 5.78 Å².